The highest BCUT2D eigenvalue weighted by Gasteiger charge is 2.15. The second-order valence-electron chi connectivity index (χ2n) is 3.94. The van der Waals surface area contributed by atoms with Gasteiger partial charge in [0.2, 0.25) is 0 Å². The Hall–Kier alpha value is -1.56. The van der Waals surface area contributed by atoms with Crippen molar-refractivity contribution in [3.05, 3.63) is 53.6 Å². The van der Waals surface area contributed by atoms with E-state index in [1.54, 1.807) is 0 Å². The number of benzene rings is 2. The van der Waals surface area contributed by atoms with Crippen molar-refractivity contribution in [2.45, 2.75) is 12.8 Å². The lowest BCUT2D eigenvalue weighted by Gasteiger charge is -2.09. The monoisotopic (exact) mass is 180 g/mol. The van der Waals surface area contributed by atoms with Crippen molar-refractivity contribution >= 4 is 16.8 Å². The summed E-state index contributed by atoms with van der Waals surface area (Å²) in [5, 5.41) is 2.75. The van der Waals surface area contributed by atoms with E-state index in [2.05, 4.69) is 55.5 Å². The van der Waals surface area contributed by atoms with Gasteiger partial charge in [-0.05, 0) is 21.9 Å². The molecule has 1 unspecified atom stereocenters. The van der Waals surface area contributed by atoms with Gasteiger partial charge in [0.1, 0.15) is 0 Å². The SMILES string of the molecule is CC1C=Cc2ccc3ccccc3c21. The lowest BCUT2D eigenvalue weighted by Crippen LogP contribution is -1.89. The van der Waals surface area contributed by atoms with Crippen molar-refractivity contribution in [1.29, 1.82) is 0 Å². The first-order valence-electron chi connectivity index (χ1n) is 5.06. The smallest absolute Gasteiger partial charge is 0.000499 e. The van der Waals surface area contributed by atoms with Crippen molar-refractivity contribution in [2.75, 3.05) is 0 Å². The van der Waals surface area contributed by atoms with Crippen LogP contribution in [0.5, 0.6) is 0 Å². The van der Waals surface area contributed by atoms with Gasteiger partial charge in [-0.1, -0.05) is 55.5 Å². The Morgan fingerprint density at radius 2 is 1.86 bits per heavy atom. The molecule has 1 aliphatic carbocycles. The molecule has 2 aromatic carbocycles. The van der Waals surface area contributed by atoms with Crippen LogP contribution in [0.2, 0.25) is 0 Å². The second kappa shape index (κ2) is 2.71. The highest BCUT2D eigenvalue weighted by Crippen LogP contribution is 2.35. The molecule has 1 aliphatic rings. The molecule has 0 saturated heterocycles. The molecule has 0 saturated carbocycles. The number of allylic oxidation sites excluding steroid dienone is 1. The van der Waals surface area contributed by atoms with Crippen molar-refractivity contribution in [1.82, 2.24) is 0 Å². The number of fused-ring (bicyclic) bond motifs is 3. The molecule has 0 heterocycles. The van der Waals surface area contributed by atoms with E-state index < -0.39 is 0 Å². The molecule has 0 bridgehead atoms. The summed E-state index contributed by atoms with van der Waals surface area (Å²) in [6, 6.07) is 13.0. The van der Waals surface area contributed by atoms with Gasteiger partial charge in [0.15, 0.2) is 0 Å². The third-order valence-electron chi connectivity index (χ3n) is 3.02. The van der Waals surface area contributed by atoms with Crippen LogP contribution in [0.15, 0.2) is 42.5 Å². The lowest BCUT2D eigenvalue weighted by atomic mass is 9.95. The van der Waals surface area contributed by atoms with Gasteiger partial charge in [0.05, 0.1) is 0 Å². The van der Waals surface area contributed by atoms with Gasteiger partial charge in [-0.3, -0.25) is 0 Å². The third kappa shape index (κ3) is 0.941. The molecule has 3 rings (SSSR count). The number of hydrogen-bond donors (Lipinski definition) is 0. The predicted molar refractivity (Wildman–Crippen MR) is 61.4 cm³/mol. The summed E-state index contributed by atoms with van der Waals surface area (Å²) in [6.07, 6.45) is 4.50. The standard InChI is InChI=1S/C14H12/c1-10-6-7-12-9-8-11-4-2-3-5-13(11)14(10)12/h2-10H,1H3. The molecule has 68 valence electrons. The maximum Gasteiger partial charge on any atom is 0.000499 e. The molecule has 0 spiro atoms. The molecule has 0 fully saturated rings. The van der Waals surface area contributed by atoms with Gasteiger partial charge in [-0.25, -0.2) is 0 Å². The topological polar surface area (TPSA) is 0 Å². The van der Waals surface area contributed by atoms with Crippen molar-refractivity contribution in [2.24, 2.45) is 0 Å². The Labute approximate surface area is 83.9 Å². The zero-order chi connectivity index (χ0) is 9.54. The van der Waals surface area contributed by atoms with Gasteiger partial charge in [0.25, 0.3) is 0 Å². The van der Waals surface area contributed by atoms with Crippen LogP contribution < -0.4 is 0 Å². The van der Waals surface area contributed by atoms with Crippen molar-refractivity contribution < 1.29 is 0 Å². The van der Waals surface area contributed by atoms with Crippen LogP contribution in [0.25, 0.3) is 16.8 Å². The molecule has 14 heavy (non-hydrogen) atoms. The zero-order valence-corrected chi connectivity index (χ0v) is 8.20. The summed E-state index contributed by atoms with van der Waals surface area (Å²) in [5.41, 5.74) is 2.87. The van der Waals surface area contributed by atoms with Crippen molar-refractivity contribution in [3.63, 3.8) is 0 Å². The van der Waals surface area contributed by atoms with E-state index in [4.69, 9.17) is 0 Å². The van der Waals surface area contributed by atoms with E-state index >= 15 is 0 Å². The maximum absolute atomic E-state index is 2.27. The van der Waals surface area contributed by atoms with Crippen molar-refractivity contribution in [3.8, 4) is 0 Å². The Balaban J connectivity index is 2.44. The minimum atomic E-state index is 0.566. The zero-order valence-electron chi connectivity index (χ0n) is 8.20. The Morgan fingerprint density at radius 1 is 1.00 bits per heavy atom. The summed E-state index contributed by atoms with van der Waals surface area (Å²) in [7, 11) is 0. The molecule has 0 heteroatoms. The Kier molecular flexibility index (Phi) is 1.51. The molecule has 0 aliphatic heterocycles. The third-order valence-corrected chi connectivity index (χ3v) is 3.02. The van der Waals surface area contributed by atoms with Crippen LogP contribution in [0, 0.1) is 0 Å². The van der Waals surface area contributed by atoms with Crippen LogP contribution in [-0.2, 0) is 0 Å². The van der Waals surface area contributed by atoms with Gasteiger partial charge < -0.3 is 0 Å². The van der Waals surface area contributed by atoms with Gasteiger partial charge in [-0.2, -0.15) is 0 Å². The van der Waals surface area contributed by atoms with Crippen LogP contribution in [0.3, 0.4) is 0 Å². The summed E-state index contributed by atoms with van der Waals surface area (Å²) < 4.78 is 0. The average Bonchev–Trinajstić information content (AvgIpc) is 2.61. The first kappa shape index (κ1) is 7.81. The fraction of sp³-hybridized carbons (Fsp3) is 0.143. The van der Waals surface area contributed by atoms with E-state index in [1.165, 1.54) is 21.9 Å². The van der Waals surface area contributed by atoms with Crippen LogP contribution in [-0.4, -0.2) is 0 Å². The second-order valence-corrected chi connectivity index (χ2v) is 3.94. The highest BCUT2D eigenvalue weighted by molar-refractivity contribution is 5.91. The Morgan fingerprint density at radius 3 is 2.79 bits per heavy atom. The molecule has 0 amide bonds. The number of rotatable bonds is 0. The minimum Gasteiger partial charge on any atom is -0.0766 e. The molecular formula is C14H12. The molecule has 2 aromatic rings. The normalized spacial score (nSPS) is 18.8. The summed E-state index contributed by atoms with van der Waals surface area (Å²) in [5.74, 6) is 0.566. The highest BCUT2D eigenvalue weighted by atomic mass is 14.2. The fourth-order valence-electron chi connectivity index (χ4n) is 2.31. The first-order chi connectivity index (χ1) is 6.86. The maximum atomic E-state index is 2.27. The van der Waals surface area contributed by atoms with E-state index in [0.29, 0.717) is 5.92 Å². The molecule has 1 atom stereocenters. The van der Waals surface area contributed by atoms with Gasteiger partial charge in [0, 0.05) is 5.92 Å². The molecule has 0 N–H and O–H groups in total. The van der Waals surface area contributed by atoms with Crippen LogP contribution in [0.1, 0.15) is 24.0 Å². The summed E-state index contributed by atoms with van der Waals surface area (Å²) in [4.78, 5) is 0. The Bertz CT molecular complexity index is 521. The quantitative estimate of drug-likeness (QED) is 0.575. The van der Waals surface area contributed by atoms with E-state index in [0.717, 1.165) is 0 Å². The molecule has 0 nitrogen and oxygen atoms in total. The van der Waals surface area contributed by atoms with Crippen LogP contribution >= 0.6 is 0 Å². The summed E-state index contributed by atoms with van der Waals surface area (Å²) >= 11 is 0. The predicted octanol–water partition coefficient (Wildman–Crippen LogP) is 3.97. The minimum absolute atomic E-state index is 0.566. The van der Waals surface area contributed by atoms with Gasteiger partial charge >= 0.3 is 0 Å². The molecule has 0 radical (unpaired) electrons. The fourth-order valence-corrected chi connectivity index (χ4v) is 2.31. The van der Waals surface area contributed by atoms with E-state index in [1.807, 2.05) is 0 Å². The van der Waals surface area contributed by atoms with E-state index in [9.17, 15) is 0 Å². The number of hydrogen-bond acceptors (Lipinski definition) is 0. The molecular weight excluding hydrogens is 168 g/mol. The summed E-state index contributed by atoms with van der Waals surface area (Å²) in [6.45, 7) is 2.26. The largest absolute Gasteiger partial charge is 0.0766 e. The first-order valence-corrected chi connectivity index (χ1v) is 5.06. The van der Waals surface area contributed by atoms with E-state index in [-0.39, 0.29) is 0 Å². The molecule has 0 aromatic heterocycles. The average molecular weight is 180 g/mol. The van der Waals surface area contributed by atoms with Crippen LogP contribution in [0.4, 0.5) is 0 Å². The van der Waals surface area contributed by atoms with Gasteiger partial charge in [-0.15, -0.1) is 0 Å². The lowest BCUT2D eigenvalue weighted by molar-refractivity contribution is 1.00.